The fourth-order valence-corrected chi connectivity index (χ4v) is 2.99. The van der Waals surface area contributed by atoms with Crippen molar-refractivity contribution in [3.63, 3.8) is 0 Å². The highest BCUT2D eigenvalue weighted by atomic mass is 32.1. The van der Waals surface area contributed by atoms with E-state index in [2.05, 4.69) is 10.3 Å². The van der Waals surface area contributed by atoms with Crippen LogP contribution in [0.1, 0.15) is 36.1 Å². The fourth-order valence-electron chi connectivity index (χ4n) is 2.12. The Balaban J connectivity index is 2.16. The average Bonchev–Trinajstić information content (AvgIpc) is 3.12. The summed E-state index contributed by atoms with van der Waals surface area (Å²) in [6, 6.07) is 3.63. The van der Waals surface area contributed by atoms with E-state index in [1.165, 1.54) is 16.2 Å². The SMILES string of the molecule is CCN(CC(=O)NC(C)C)C(=O)c1nc(-c2ccco2)sc1C. The molecule has 0 spiro atoms. The van der Waals surface area contributed by atoms with Crippen LogP contribution in [-0.4, -0.2) is 40.8 Å². The van der Waals surface area contributed by atoms with E-state index in [1.54, 1.807) is 18.4 Å². The lowest BCUT2D eigenvalue weighted by atomic mass is 10.3. The highest BCUT2D eigenvalue weighted by Crippen LogP contribution is 2.28. The average molecular weight is 335 g/mol. The second kappa shape index (κ2) is 7.41. The molecule has 0 bridgehead atoms. The van der Waals surface area contributed by atoms with Crippen LogP contribution < -0.4 is 5.32 Å². The molecule has 124 valence electrons. The molecule has 6 nitrogen and oxygen atoms in total. The number of carbonyl (C=O) groups is 2. The zero-order valence-corrected chi connectivity index (χ0v) is 14.6. The third kappa shape index (κ3) is 4.19. The Morgan fingerprint density at radius 1 is 1.43 bits per heavy atom. The topological polar surface area (TPSA) is 75.4 Å². The van der Waals surface area contributed by atoms with Crippen LogP contribution in [0.5, 0.6) is 0 Å². The Kier molecular flexibility index (Phi) is 5.54. The maximum atomic E-state index is 12.7. The molecule has 0 saturated carbocycles. The standard InChI is InChI=1S/C16H21N3O3S/c1-5-19(9-13(20)17-10(2)3)16(21)14-11(4)23-15(18-14)12-7-6-8-22-12/h6-8,10H,5,9H2,1-4H3,(H,17,20). The molecule has 0 aromatic carbocycles. The predicted molar refractivity (Wildman–Crippen MR) is 89.4 cm³/mol. The van der Waals surface area contributed by atoms with Gasteiger partial charge in [0.05, 0.1) is 12.8 Å². The van der Waals surface area contributed by atoms with Crippen LogP contribution in [-0.2, 0) is 4.79 Å². The maximum Gasteiger partial charge on any atom is 0.274 e. The minimum absolute atomic E-state index is 0.0283. The Morgan fingerprint density at radius 3 is 2.74 bits per heavy atom. The van der Waals surface area contributed by atoms with Gasteiger partial charge < -0.3 is 14.6 Å². The Morgan fingerprint density at radius 2 is 2.17 bits per heavy atom. The normalized spacial score (nSPS) is 10.8. The molecule has 2 amide bonds. The molecule has 7 heteroatoms. The third-order valence-corrected chi connectivity index (χ3v) is 4.17. The van der Waals surface area contributed by atoms with Crippen molar-refractivity contribution in [1.82, 2.24) is 15.2 Å². The number of furan rings is 1. The number of rotatable bonds is 6. The van der Waals surface area contributed by atoms with Gasteiger partial charge in [0.1, 0.15) is 5.69 Å². The van der Waals surface area contributed by atoms with E-state index in [-0.39, 0.29) is 24.4 Å². The Labute approximate surface area is 139 Å². The van der Waals surface area contributed by atoms with Gasteiger partial charge in [0.25, 0.3) is 5.91 Å². The number of thiazole rings is 1. The van der Waals surface area contributed by atoms with E-state index < -0.39 is 0 Å². The van der Waals surface area contributed by atoms with Crippen molar-refractivity contribution in [2.45, 2.75) is 33.7 Å². The molecule has 2 heterocycles. The number of nitrogens with one attached hydrogen (secondary N) is 1. The first kappa shape index (κ1) is 17.2. The first-order chi connectivity index (χ1) is 10.9. The summed E-state index contributed by atoms with van der Waals surface area (Å²) < 4.78 is 5.32. The highest BCUT2D eigenvalue weighted by Gasteiger charge is 2.23. The van der Waals surface area contributed by atoms with Crippen molar-refractivity contribution >= 4 is 23.2 Å². The molecule has 1 N–H and O–H groups in total. The maximum absolute atomic E-state index is 12.7. The molecule has 23 heavy (non-hydrogen) atoms. The first-order valence-electron chi connectivity index (χ1n) is 7.52. The van der Waals surface area contributed by atoms with E-state index >= 15 is 0 Å². The van der Waals surface area contributed by atoms with E-state index in [1.807, 2.05) is 27.7 Å². The summed E-state index contributed by atoms with van der Waals surface area (Å²) >= 11 is 1.40. The number of nitrogens with zero attached hydrogens (tertiary/aromatic N) is 2. The summed E-state index contributed by atoms with van der Waals surface area (Å²) in [7, 11) is 0. The second-order valence-corrected chi connectivity index (χ2v) is 6.65. The monoisotopic (exact) mass is 335 g/mol. The predicted octanol–water partition coefficient (Wildman–Crippen LogP) is 2.70. The summed E-state index contributed by atoms with van der Waals surface area (Å²) in [5.74, 6) is 0.227. The minimum Gasteiger partial charge on any atom is -0.462 e. The highest BCUT2D eigenvalue weighted by molar-refractivity contribution is 7.15. The van der Waals surface area contributed by atoms with E-state index in [4.69, 9.17) is 4.42 Å². The fraction of sp³-hybridized carbons (Fsp3) is 0.438. The molecule has 0 atom stereocenters. The molecule has 0 saturated heterocycles. The molecule has 0 fully saturated rings. The zero-order valence-electron chi connectivity index (χ0n) is 13.8. The molecule has 2 aromatic heterocycles. The molecule has 2 rings (SSSR count). The second-order valence-electron chi connectivity index (χ2n) is 5.44. The molecule has 0 aliphatic heterocycles. The largest absolute Gasteiger partial charge is 0.462 e. The first-order valence-corrected chi connectivity index (χ1v) is 8.34. The smallest absolute Gasteiger partial charge is 0.274 e. The van der Waals surface area contributed by atoms with Gasteiger partial charge in [-0.05, 0) is 39.8 Å². The zero-order chi connectivity index (χ0) is 17.0. The number of hydrogen-bond acceptors (Lipinski definition) is 5. The van der Waals surface area contributed by atoms with Gasteiger partial charge in [0, 0.05) is 17.5 Å². The number of aryl methyl sites for hydroxylation is 1. The van der Waals surface area contributed by atoms with Gasteiger partial charge in [0.15, 0.2) is 10.8 Å². The van der Waals surface area contributed by atoms with Crippen molar-refractivity contribution in [3.8, 4) is 10.8 Å². The van der Waals surface area contributed by atoms with E-state index in [9.17, 15) is 9.59 Å². The molecule has 0 aliphatic carbocycles. The minimum atomic E-state index is -0.238. The van der Waals surface area contributed by atoms with Crippen molar-refractivity contribution in [2.24, 2.45) is 0 Å². The van der Waals surface area contributed by atoms with E-state index in [0.29, 0.717) is 23.0 Å². The van der Waals surface area contributed by atoms with E-state index in [0.717, 1.165) is 4.88 Å². The molecule has 0 radical (unpaired) electrons. The van der Waals surface area contributed by atoms with Gasteiger partial charge in [0.2, 0.25) is 5.91 Å². The quantitative estimate of drug-likeness (QED) is 0.880. The summed E-state index contributed by atoms with van der Waals surface area (Å²) in [4.78, 5) is 31.3. The molecule has 0 aliphatic rings. The summed E-state index contributed by atoms with van der Waals surface area (Å²) in [6.45, 7) is 7.93. The lowest BCUT2D eigenvalue weighted by Crippen LogP contribution is -2.42. The number of likely N-dealkylation sites (N-methyl/N-ethyl adjacent to an activating group) is 1. The summed E-state index contributed by atoms with van der Waals surface area (Å²) in [5, 5.41) is 3.46. The van der Waals surface area contributed by atoms with Crippen LogP contribution in [0, 0.1) is 6.92 Å². The molecular formula is C16H21N3O3S. The van der Waals surface area contributed by atoms with Gasteiger partial charge in [-0.2, -0.15) is 0 Å². The third-order valence-electron chi connectivity index (χ3n) is 3.18. The molecular weight excluding hydrogens is 314 g/mol. The van der Waals surface area contributed by atoms with Crippen molar-refractivity contribution in [3.05, 3.63) is 29.0 Å². The molecule has 0 unspecified atom stereocenters. The Bertz CT molecular complexity index is 677. The van der Waals surface area contributed by atoms with Crippen LogP contribution in [0.15, 0.2) is 22.8 Å². The van der Waals surface area contributed by atoms with Crippen LogP contribution in [0.4, 0.5) is 0 Å². The Hall–Kier alpha value is -2.15. The molecule has 2 aromatic rings. The van der Waals surface area contributed by atoms with Crippen LogP contribution in [0.25, 0.3) is 10.8 Å². The van der Waals surface area contributed by atoms with Gasteiger partial charge in [-0.3, -0.25) is 9.59 Å². The lowest BCUT2D eigenvalue weighted by molar-refractivity contribution is -0.122. The van der Waals surface area contributed by atoms with Gasteiger partial charge in [-0.25, -0.2) is 4.98 Å². The number of amides is 2. The van der Waals surface area contributed by atoms with Gasteiger partial charge >= 0.3 is 0 Å². The van der Waals surface area contributed by atoms with Gasteiger partial charge in [-0.15, -0.1) is 11.3 Å². The number of aromatic nitrogens is 1. The van der Waals surface area contributed by atoms with Crippen LogP contribution >= 0.6 is 11.3 Å². The van der Waals surface area contributed by atoms with Crippen molar-refractivity contribution in [2.75, 3.05) is 13.1 Å². The van der Waals surface area contributed by atoms with Crippen molar-refractivity contribution < 1.29 is 14.0 Å². The summed E-state index contributed by atoms with van der Waals surface area (Å²) in [5.41, 5.74) is 0.376. The van der Waals surface area contributed by atoms with Crippen molar-refractivity contribution in [1.29, 1.82) is 0 Å². The summed E-state index contributed by atoms with van der Waals surface area (Å²) in [6.07, 6.45) is 1.57. The number of carbonyl (C=O) groups excluding carboxylic acids is 2. The van der Waals surface area contributed by atoms with Gasteiger partial charge in [-0.1, -0.05) is 0 Å². The van der Waals surface area contributed by atoms with Crippen LogP contribution in [0.2, 0.25) is 0 Å². The number of hydrogen-bond donors (Lipinski definition) is 1. The lowest BCUT2D eigenvalue weighted by Gasteiger charge is -2.20. The van der Waals surface area contributed by atoms with Crippen LogP contribution in [0.3, 0.4) is 0 Å².